The van der Waals surface area contributed by atoms with Gasteiger partial charge >= 0.3 is 11.9 Å². The van der Waals surface area contributed by atoms with E-state index < -0.39 is 5.97 Å². The molecule has 25 heavy (non-hydrogen) atoms. The average molecular weight is 337 g/mol. The van der Waals surface area contributed by atoms with Crippen LogP contribution in [0.25, 0.3) is 22.0 Å². The molecule has 2 aromatic carbocycles. The van der Waals surface area contributed by atoms with Gasteiger partial charge in [0.05, 0.1) is 6.61 Å². The van der Waals surface area contributed by atoms with Gasteiger partial charge in [0, 0.05) is 17.3 Å². The molecule has 5 heteroatoms. The maximum absolute atomic E-state index is 11.6. The van der Waals surface area contributed by atoms with Gasteiger partial charge in [-0.25, -0.2) is 4.79 Å². The molecule has 1 aromatic heterocycles. The number of carbonyl (C=O) groups is 2. The van der Waals surface area contributed by atoms with Crippen molar-refractivity contribution in [2.75, 3.05) is 6.61 Å². The Morgan fingerprint density at radius 2 is 1.84 bits per heavy atom. The van der Waals surface area contributed by atoms with Crippen molar-refractivity contribution in [3.05, 3.63) is 59.8 Å². The molecule has 0 fully saturated rings. The maximum atomic E-state index is 11.6. The quantitative estimate of drug-likeness (QED) is 0.666. The Balaban J connectivity index is 1.99. The van der Waals surface area contributed by atoms with Crippen molar-refractivity contribution in [3.63, 3.8) is 0 Å². The van der Waals surface area contributed by atoms with Crippen LogP contribution in [-0.2, 0) is 16.0 Å². The van der Waals surface area contributed by atoms with E-state index in [0.29, 0.717) is 18.6 Å². The minimum atomic E-state index is -1.03. The fraction of sp³-hybridized carbons (Fsp3) is 0.200. The number of aryl methyl sites for hydroxylation is 1. The predicted octanol–water partition coefficient (Wildman–Crippen LogP) is 4.03. The zero-order valence-electron chi connectivity index (χ0n) is 13.9. The summed E-state index contributed by atoms with van der Waals surface area (Å²) in [4.78, 5) is 26.2. The Morgan fingerprint density at radius 3 is 2.52 bits per heavy atom. The molecule has 3 rings (SSSR count). The highest BCUT2D eigenvalue weighted by Gasteiger charge is 2.18. The number of carboxylic acids is 1. The molecule has 0 unspecified atom stereocenters. The summed E-state index contributed by atoms with van der Waals surface area (Å²) in [6, 6.07) is 15.7. The molecule has 0 amide bonds. The minimum absolute atomic E-state index is 0.129. The first-order valence-electron chi connectivity index (χ1n) is 8.19. The Hall–Kier alpha value is -3.08. The van der Waals surface area contributed by atoms with Crippen LogP contribution in [0.15, 0.2) is 48.5 Å². The number of carbonyl (C=O) groups excluding carboxylic acids is 1. The lowest BCUT2D eigenvalue weighted by atomic mass is 10.0. The highest BCUT2D eigenvalue weighted by atomic mass is 16.5. The molecule has 1 heterocycles. The van der Waals surface area contributed by atoms with Gasteiger partial charge < -0.3 is 14.8 Å². The molecule has 128 valence electrons. The first-order valence-corrected chi connectivity index (χ1v) is 8.19. The fourth-order valence-corrected chi connectivity index (χ4v) is 2.97. The molecule has 0 aliphatic heterocycles. The number of hydrogen-bond donors (Lipinski definition) is 2. The summed E-state index contributed by atoms with van der Waals surface area (Å²) < 4.78 is 4.93. The largest absolute Gasteiger partial charge is 0.477 e. The highest BCUT2D eigenvalue weighted by Crippen LogP contribution is 2.29. The molecule has 0 spiro atoms. The van der Waals surface area contributed by atoms with E-state index >= 15 is 0 Å². The Kier molecular flexibility index (Phi) is 4.84. The Morgan fingerprint density at radius 1 is 1.08 bits per heavy atom. The SMILES string of the molecule is CCOC(=O)CCc1c(C(=O)O)[nH]c2cc(-c3ccccc3)ccc12. The number of H-pyrrole nitrogens is 1. The molecule has 0 aliphatic carbocycles. The minimum Gasteiger partial charge on any atom is -0.477 e. The van der Waals surface area contributed by atoms with Gasteiger partial charge in [-0.15, -0.1) is 0 Å². The topological polar surface area (TPSA) is 79.4 Å². The second-order valence-corrected chi connectivity index (χ2v) is 5.72. The number of benzene rings is 2. The van der Waals surface area contributed by atoms with E-state index in [1.165, 1.54) is 0 Å². The normalized spacial score (nSPS) is 10.8. The van der Waals surface area contributed by atoms with Gasteiger partial charge in [-0.2, -0.15) is 0 Å². The zero-order valence-corrected chi connectivity index (χ0v) is 13.9. The molecular weight excluding hydrogens is 318 g/mol. The van der Waals surface area contributed by atoms with Gasteiger partial charge in [-0.1, -0.05) is 42.5 Å². The van der Waals surface area contributed by atoms with Gasteiger partial charge in [-0.3, -0.25) is 4.79 Å². The van der Waals surface area contributed by atoms with Crippen LogP contribution in [0.4, 0.5) is 0 Å². The number of aromatic amines is 1. The Bertz CT molecular complexity index is 912. The van der Waals surface area contributed by atoms with Crippen molar-refractivity contribution >= 4 is 22.8 Å². The van der Waals surface area contributed by atoms with Crippen LogP contribution < -0.4 is 0 Å². The molecule has 5 nitrogen and oxygen atoms in total. The molecular formula is C20H19NO4. The average Bonchev–Trinajstić information content (AvgIpc) is 2.99. The van der Waals surface area contributed by atoms with Gasteiger partial charge in [0.25, 0.3) is 0 Å². The van der Waals surface area contributed by atoms with Crippen LogP contribution in [0, 0.1) is 0 Å². The Labute approximate surface area is 145 Å². The van der Waals surface area contributed by atoms with E-state index in [-0.39, 0.29) is 18.1 Å². The van der Waals surface area contributed by atoms with Crippen molar-refractivity contribution in [2.24, 2.45) is 0 Å². The van der Waals surface area contributed by atoms with Crippen LogP contribution in [0.3, 0.4) is 0 Å². The summed E-state index contributed by atoms with van der Waals surface area (Å²) in [6.45, 7) is 2.07. The van der Waals surface area contributed by atoms with Crippen LogP contribution in [0.5, 0.6) is 0 Å². The summed E-state index contributed by atoms with van der Waals surface area (Å²) in [5.41, 5.74) is 3.57. The molecule has 2 N–H and O–H groups in total. The maximum Gasteiger partial charge on any atom is 0.352 e. The number of carboxylic acid groups (broad SMARTS) is 1. The number of aromatic nitrogens is 1. The lowest BCUT2D eigenvalue weighted by Gasteiger charge is -2.04. The van der Waals surface area contributed by atoms with Crippen molar-refractivity contribution in [1.82, 2.24) is 4.98 Å². The number of esters is 1. The molecule has 0 atom stereocenters. The van der Waals surface area contributed by atoms with E-state index in [1.807, 2.05) is 48.5 Å². The first-order chi connectivity index (χ1) is 12.1. The van der Waals surface area contributed by atoms with Crippen LogP contribution in [-0.4, -0.2) is 28.6 Å². The summed E-state index contributed by atoms with van der Waals surface area (Å²) in [7, 11) is 0. The van der Waals surface area contributed by atoms with Crippen molar-refractivity contribution in [1.29, 1.82) is 0 Å². The molecule has 0 bridgehead atoms. The first kappa shape index (κ1) is 16.8. The van der Waals surface area contributed by atoms with E-state index in [9.17, 15) is 14.7 Å². The number of fused-ring (bicyclic) bond motifs is 1. The van der Waals surface area contributed by atoms with Crippen LogP contribution in [0.2, 0.25) is 0 Å². The number of nitrogens with one attached hydrogen (secondary N) is 1. The monoisotopic (exact) mass is 337 g/mol. The molecule has 0 saturated carbocycles. The molecule has 0 saturated heterocycles. The van der Waals surface area contributed by atoms with E-state index in [1.54, 1.807) is 6.92 Å². The third kappa shape index (κ3) is 3.55. The van der Waals surface area contributed by atoms with Crippen molar-refractivity contribution < 1.29 is 19.4 Å². The summed E-state index contributed by atoms with van der Waals surface area (Å²) in [6.07, 6.45) is 0.479. The second-order valence-electron chi connectivity index (χ2n) is 5.72. The third-order valence-corrected chi connectivity index (χ3v) is 4.11. The van der Waals surface area contributed by atoms with E-state index in [2.05, 4.69) is 4.98 Å². The molecule has 0 radical (unpaired) electrons. The summed E-state index contributed by atoms with van der Waals surface area (Å²) in [5, 5.41) is 10.3. The number of aromatic carboxylic acids is 1. The zero-order chi connectivity index (χ0) is 17.8. The smallest absolute Gasteiger partial charge is 0.352 e. The molecule has 0 aliphatic rings. The van der Waals surface area contributed by atoms with E-state index in [0.717, 1.165) is 22.0 Å². The highest BCUT2D eigenvalue weighted by molar-refractivity contribution is 5.98. The van der Waals surface area contributed by atoms with E-state index in [4.69, 9.17) is 4.74 Å². The fourth-order valence-electron chi connectivity index (χ4n) is 2.97. The predicted molar refractivity (Wildman–Crippen MR) is 95.6 cm³/mol. The van der Waals surface area contributed by atoms with Crippen molar-refractivity contribution in [3.8, 4) is 11.1 Å². The second kappa shape index (κ2) is 7.21. The summed E-state index contributed by atoms with van der Waals surface area (Å²) >= 11 is 0. The summed E-state index contributed by atoms with van der Waals surface area (Å²) in [5.74, 6) is -1.36. The lowest BCUT2D eigenvalue weighted by molar-refractivity contribution is -0.143. The number of ether oxygens (including phenoxy) is 1. The molecule has 3 aromatic rings. The number of rotatable bonds is 6. The number of hydrogen-bond acceptors (Lipinski definition) is 3. The van der Waals surface area contributed by atoms with Gasteiger partial charge in [0.15, 0.2) is 0 Å². The van der Waals surface area contributed by atoms with Gasteiger partial charge in [0.1, 0.15) is 5.69 Å². The lowest BCUT2D eigenvalue weighted by Crippen LogP contribution is -2.07. The van der Waals surface area contributed by atoms with Crippen LogP contribution in [0.1, 0.15) is 29.4 Å². The third-order valence-electron chi connectivity index (χ3n) is 4.11. The van der Waals surface area contributed by atoms with Crippen molar-refractivity contribution in [2.45, 2.75) is 19.8 Å². The van der Waals surface area contributed by atoms with Crippen LogP contribution >= 0.6 is 0 Å². The van der Waals surface area contributed by atoms with Gasteiger partial charge in [-0.05, 0) is 36.1 Å². The standard InChI is InChI=1S/C20H19NO4/c1-2-25-18(22)11-10-16-15-9-8-14(13-6-4-3-5-7-13)12-17(15)21-19(16)20(23)24/h3-9,12,21H,2,10-11H2,1H3,(H,23,24). The van der Waals surface area contributed by atoms with Gasteiger partial charge in [0.2, 0.25) is 0 Å².